The molecule has 1 amide bonds. The Morgan fingerprint density at radius 3 is 2.62 bits per heavy atom. The van der Waals surface area contributed by atoms with Gasteiger partial charge in [-0.15, -0.1) is 0 Å². The van der Waals surface area contributed by atoms with E-state index in [0.29, 0.717) is 31.3 Å². The van der Waals surface area contributed by atoms with E-state index in [1.807, 2.05) is 12.1 Å². The summed E-state index contributed by atoms with van der Waals surface area (Å²) in [5, 5.41) is 2.81. The predicted molar refractivity (Wildman–Crippen MR) is 129 cm³/mol. The number of anilines is 1. The molecule has 1 saturated heterocycles. The van der Waals surface area contributed by atoms with Crippen LogP contribution in [-0.4, -0.2) is 52.2 Å². The second kappa shape index (κ2) is 11.1. The number of nitrogens with one attached hydrogen (secondary N) is 2. The lowest BCUT2D eigenvalue weighted by Gasteiger charge is -2.31. The Morgan fingerprint density at radius 1 is 1.12 bits per heavy atom. The molecule has 0 radical (unpaired) electrons. The van der Waals surface area contributed by atoms with Crippen molar-refractivity contribution in [3.05, 3.63) is 42.1 Å². The van der Waals surface area contributed by atoms with Gasteiger partial charge in [0.15, 0.2) is 11.5 Å². The zero-order valence-electron chi connectivity index (χ0n) is 19.5. The first kappa shape index (κ1) is 24.3. The van der Waals surface area contributed by atoms with Gasteiger partial charge in [-0.05, 0) is 42.5 Å². The molecule has 2 aliphatic rings. The predicted octanol–water partition coefficient (Wildman–Crippen LogP) is 2.46. The Balaban J connectivity index is 1.21. The van der Waals surface area contributed by atoms with E-state index >= 15 is 0 Å². The number of benzene rings is 1. The van der Waals surface area contributed by atoms with Gasteiger partial charge in [0.05, 0.1) is 18.1 Å². The molecule has 2 aliphatic heterocycles. The SMILES string of the molecule is CC1CCN(c2ccc(CNC(=O)CCNS(=O)(=O)c3ccc4c(c3)OCCCO4)cn2)CC1. The Labute approximate surface area is 200 Å². The number of aromatic nitrogens is 1. The van der Waals surface area contributed by atoms with Gasteiger partial charge < -0.3 is 19.7 Å². The maximum atomic E-state index is 12.6. The van der Waals surface area contributed by atoms with Crippen LogP contribution in [-0.2, 0) is 21.4 Å². The lowest BCUT2D eigenvalue weighted by Crippen LogP contribution is -2.33. The molecule has 184 valence electrons. The number of fused-ring (bicyclic) bond motifs is 1. The number of rotatable bonds is 8. The van der Waals surface area contributed by atoms with Crippen molar-refractivity contribution in [1.29, 1.82) is 0 Å². The van der Waals surface area contributed by atoms with Gasteiger partial charge in [-0.1, -0.05) is 13.0 Å². The highest BCUT2D eigenvalue weighted by Gasteiger charge is 2.19. The van der Waals surface area contributed by atoms with Gasteiger partial charge in [0.2, 0.25) is 15.9 Å². The number of piperidine rings is 1. The van der Waals surface area contributed by atoms with E-state index < -0.39 is 10.0 Å². The minimum Gasteiger partial charge on any atom is -0.490 e. The molecule has 9 nitrogen and oxygen atoms in total. The fourth-order valence-corrected chi connectivity index (χ4v) is 4.97. The van der Waals surface area contributed by atoms with Crippen molar-refractivity contribution >= 4 is 21.7 Å². The van der Waals surface area contributed by atoms with Crippen molar-refractivity contribution < 1.29 is 22.7 Å². The molecule has 0 spiro atoms. The van der Waals surface area contributed by atoms with E-state index in [1.165, 1.54) is 25.0 Å². The molecular formula is C24H32N4O5S. The van der Waals surface area contributed by atoms with Crippen LogP contribution in [0.3, 0.4) is 0 Å². The first-order valence-electron chi connectivity index (χ1n) is 11.8. The Kier molecular flexibility index (Phi) is 7.89. The second-order valence-electron chi connectivity index (χ2n) is 8.78. The number of carbonyl (C=O) groups excluding carboxylic acids is 1. The average Bonchev–Trinajstić information content (AvgIpc) is 3.08. The molecule has 0 atom stereocenters. The summed E-state index contributed by atoms with van der Waals surface area (Å²) >= 11 is 0. The first-order chi connectivity index (χ1) is 16.4. The van der Waals surface area contributed by atoms with E-state index in [-0.39, 0.29) is 23.8 Å². The highest BCUT2D eigenvalue weighted by Crippen LogP contribution is 2.31. The van der Waals surface area contributed by atoms with Crippen LogP contribution >= 0.6 is 0 Å². The molecule has 0 aliphatic carbocycles. The van der Waals surface area contributed by atoms with Gasteiger partial charge in [0.1, 0.15) is 5.82 Å². The largest absolute Gasteiger partial charge is 0.490 e. The topological polar surface area (TPSA) is 110 Å². The van der Waals surface area contributed by atoms with Crippen molar-refractivity contribution in [2.24, 2.45) is 5.92 Å². The van der Waals surface area contributed by atoms with Gasteiger partial charge in [-0.3, -0.25) is 4.79 Å². The maximum absolute atomic E-state index is 12.6. The van der Waals surface area contributed by atoms with Crippen LogP contribution < -0.4 is 24.4 Å². The molecule has 0 saturated carbocycles. The van der Waals surface area contributed by atoms with Gasteiger partial charge in [-0.2, -0.15) is 0 Å². The molecule has 0 unspecified atom stereocenters. The van der Waals surface area contributed by atoms with Crippen molar-refractivity contribution in [2.45, 2.75) is 44.0 Å². The van der Waals surface area contributed by atoms with Crippen LogP contribution in [0.5, 0.6) is 11.5 Å². The standard InChI is InChI=1S/C24H32N4O5S/c1-18-8-11-28(12-9-18)23-6-3-19(16-25-23)17-26-24(29)7-10-27-34(30,31)20-4-5-21-22(15-20)33-14-2-13-32-21/h3-6,15-16,18,27H,2,7-14,17H2,1H3,(H,26,29). The molecule has 34 heavy (non-hydrogen) atoms. The van der Waals surface area contributed by atoms with Crippen molar-refractivity contribution in [3.63, 3.8) is 0 Å². The van der Waals surface area contributed by atoms with Crippen molar-refractivity contribution in [1.82, 2.24) is 15.0 Å². The van der Waals surface area contributed by atoms with Crippen LogP contribution in [0.1, 0.15) is 38.2 Å². The minimum atomic E-state index is -3.77. The molecule has 1 aromatic carbocycles. The maximum Gasteiger partial charge on any atom is 0.240 e. The summed E-state index contributed by atoms with van der Waals surface area (Å²) < 4.78 is 38.7. The number of sulfonamides is 1. The third-order valence-electron chi connectivity index (χ3n) is 6.08. The summed E-state index contributed by atoms with van der Waals surface area (Å²) in [5.74, 6) is 2.43. The van der Waals surface area contributed by atoms with Crippen LogP contribution in [0.4, 0.5) is 5.82 Å². The van der Waals surface area contributed by atoms with Crippen LogP contribution in [0.15, 0.2) is 41.4 Å². The number of pyridine rings is 1. The number of nitrogens with zero attached hydrogens (tertiary/aromatic N) is 2. The van der Waals surface area contributed by atoms with Crippen LogP contribution in [0.25, 0.3) is 0 Å². The Hall–Kier alpha value is -2.85. The molecule has 0 bridgehead atoms. The normalized spacial score (nSPS) is 16.7. The van der Waals surface area contributed by atoms with Crippen LogP contribution in [0.2, 0.25) is 0 Å². The zero-order chi connectivity index (χ0) is 24.0. The summed E-state index contributed by atoms with van der Waals surface area (Å²) in [6.07, 6.45) is 4.90. The van der Waals surface area contributed by atoms with E-state index in [4.69, 9.17) is 9.47 Å². The lowest BCUT2D eigenvalue weighted by atomic mass is 9.99. The molecular weight excluding hydrogens is 456 g/mol. The third kappa shape index (κ3) is 6.38. The lowest BCUT2D eigenvalue weighted by molar-refractivity contribution is -0.121. The quantitative estimate of drug-likeness (QED) is 0.587. The summed E-state index contributed by atoms with van der Waals surface area (Å²) in [7, 11) is -3.77. The fraction of sp³-hybridized carbons (Fsp3) is 0.500. The summed E-state index contributed by atoms with van der Waals surface area (Å²) in [6.45, 7) is 5.66. The van der Waals surface area contributed by atoms with Gasteiger partial charge in [-0.25, -0.2) is 18.1 Å². The number of ether oxygens (including phenoxy) is 2. The summed E-state index contributed by atoms with van der Waals surface area (Å²) in [4.78, 5) is 19.1. The smallest absolute Gasteiger partial charge is 0.240 e. The highest BCUT2D eigenvalue weighted by atomic mass is 32.2. The van der Waals surface area contributed by atoms with Crippen molar-refractivity contribution in [2.75, 3.05) is 37.7 Å². The molecule has 2 N–H and O–H groups in total. The van der Waals surface area contributed by atoms with Crippen LogP contribution in [0, 0.1) is 5.92 Å². The summed E-state index contributed by atoms with van der Waals surface area (Å²) in [5.41, 5.74) is 0.898. The Bertz CT molecular complexity index is 1080. The van der Waals surface area contributed by atoms with Gasteiger partial charge >= 0.3 is 0 Å². The molecule has 10 heteroatoms. The van der Waals surface area contributed by atoms with Crippen molar-refractivity contribution in [3.8, 4) is 11.5 Å². The molecule has 4 rings (SSSR count). The first-order valence-corrected chi connectivity index (χ1v) is 13.2. The van der Waals surface area contributed by atoms with E-state index in [0.717, 1.165) is 36.8 Å². The monoisotopic (exact) mass is 488 g/mol. The number of carbonyl (C=O) groups is 1. The average molecular weight is 489 g/mol. The van der Waals surface area contributed by atoms with E-state index in [1.54, 1.807) is 12.3 Å². The Morgan fingerprint density at radius 2 is 1.88 bits per heavy atom. The van der Waals surface area contributed by atoms with Gasteiger partial charge in [0.25, 0.3) is 0 Å². The molecule has 1 fully saturated rings. The highest BCUT2D eigenvalue weighted by molar-refractivity contribution is 7.89. The fourth-order valence-electron chi connectivity index (χ4n) is 3.93. The number of amides is 1. The molecule has 3 heterocycles. The summed E-state index contributed by atoms with van der Waals surface area (Å²) in [6, 6.07) is 8.46. The second-order valence-corrected chi connectivity index (χ2v) is 10.5. The molecule has 1 aromatic heterocycles. The number of hydrogen-bond donors (Lipinski definition) is 2. The van der Waals surface area contributed by atoms with E-state index in [9.17, 15) is 13.2 Å². The third-order valence-corrected chi connectivity index (χ3v) is 7.54. The zero-order valence-corrected chi connectivity index (χ0v) is 20.3. The molecule has 2 aromatic rings. The number of hydrogen-bond acceptors (Lipinski definition) is 7. The van der Waals surface area contributed by atoms with Gasteiger partial charge in [0, 0.05) is 51.3 Å². The minimum absolute atomic E-state index is 0.00677. The van der Waals surface area contributed by atoms with E-state index in [2.05, 4.69) is 26.8 Å².